The van der Waals surface area contributed by atoms with Crippen LogP contribution in [0.4, 0.5) is 5.69 Å². The fraction of sp³-hybridized carbons (Fsp3) is 0.222. The Labute approximate surface area is 94.2 Å². The Balaban J connectivity index is 3.00. The van der Waals surface area contributed by atoms with E-state index in [4.69, 9.17) is 5.14 Å². The van der Waals surface area contributed by atoms with Crippen LogP contribution < -0.4 is 9.86 Å². The third-order valence-corrected chi connectivity index (χ3v) is 2.30. The molecule has 0 saturated carbocycles. The van der Waals surface area contributed by atoms with Crippen molar-refractivity contribution in [3.63, 3.8) is 0 Å². The number of rotatable bonds is 3. The van der Waals surface area contributed by atoms with Gasteiger partial charge in [0.1, 0.15) is 0 Å². The molecule has 0 aliphatic rings. The van der Waals surface area contributed by atoms with Crippen LogP contribution in [0.3, 0.4) is 0 Å². The molecule has 16 heavy (non-hydrogen) atoms. The fourth-order valence-corrected chi connectivity index (χ4v) is 1.59. The van der Waals surface area contributed by atoms with Crippen molar-refractivity contribution in [2.75, 3.05) is 18.8 Å². The van der Waals surface area contributed by atoms with Crippen molar-refractivity contribution in [3.8, 4) is 0 Å². The quantitative estimate of drug-likeness (QED) is 0.782. The molecule has 0 atom stereocenters. The standard InChI is InChI=1S/C9H13N3O3S/c1-12(2)9(13)7-4-3-5-8(6-7)11-16(10,14)15/h3-6,11H,1-2H3,(H2,10,14,15). The van der Waals surface area contributed by atoms with Gasteiger partial charge in [-0.15, -0.1) is 0 Å². The summed E-state index contributed by atoms with van der Waals surface area (Å²) in [6.07, 6.45) is 0. The Morgan fingerprint density at radius 1 is 1.38 bits per heavy atom. The van der Waals surface area contributed by atoms with E-state index in [0.717, 1.165) is 0 Å². The zero-order chi connectivity index (χ0) is 12.3. The third kappa shape index (κ3) is 3.52. The molecule has 88 valence electrons. The number of benzene rings is 1. The average Bonchev–Trinajstić information content (AvgIpc) is 2.14. The molecule has 0 aliphatic carbocycles. The Bertz CT molecular complexity index is 496. The van der Waals surface area contributed by atoms with Gasteiger partial charge in [0, 0.05) is 19.7 Å². The van der Waals surface area contributed by atoms with Crippen LogP contribution in [0.1, 0.15) is 10.4 Å². The Morgan fingerprint density at radius 2 is 2.00 bits per heavy atom. The second-order valence-electron chi connectivity index (χ2n) is 3.43. The van der Waals surface area contributed by atoms with Gasteiger partial charge >= 0.3 is 0 Å². The van der Waals surface area contributed by atoms with Crippen LogP contribution >= 0.6 is 0 Å². The van der Waals surface area contributed by atoms with Crippen molar-refractivity contribution in [2.24, 2.45) is 5.14 Å². The van der Waals surface area contributed by atoms with Crippen molar-refractivity contribution in [3.05, 3.63) is 29.8 Å². The number of nitrogens with zero attached hydrogens (tertiary/aromatic N) is 1. The van der Waals surface area contributed by atoms with Crippen molar-refractivity contribution >= 4 is 21.8 Å². The molecule has 1 aromatic rings. The van der Waals surface area contributed by atoms with Gasteiger partial charge in [0.15, 0.2) is 0 Å². The normalized spacial score (nSPS) is 10.9. The monoisotopic (exact) mass is 243 g/mol. The number of nitrogens with two attached hydrogens (primary N) is 1. The van der Waals surface area contributed by atoms with Gasteiger partial charge in [0.25, 0.3) is 16.1 Å². The van der Waals surface area contributed by atoms with E-state index in [1.807, 2.05) is 0 Å². The molecule has 0 fully saturated rings. The zero-order valence-corrected chi connectivity index (χ0v) is 9.78. The van der Waals surface area contributed by atoms with E-state index in [2.05, 4.69) is 4.72 Å². The zero-order valence-electron chi connectivity index (χ0n) is 8.97. The minimum Gasteiger partial charge on any atom is -0.345 e. The lowest BCUT2D eigenvalue weighted by molar-refractivity contribution is 0.0827. The van der Waals surface area contributed by atoms with E-state index in [1.165, 1.54) is 17.0 Å². The van der Waals surface area contributed by atoms with Crippen LogP contribution in [0.25, 0.3) is 0 Å². The molecule has 0 unspecified atom stereocenters. The first-order valence-corrected chi connectivity index (χ1v) is 5.96. The summed E-state index contributed by atoms with van der Waals surface area (Å²) in [5.74, 6) is -0.210. The predicted molar refractivity (Wildman–Crippen MR) is 61.2 cm³/mol. The van der Waals surface area contributed by atoms with Gasteiger partial charge in [-0.2, -0.15) is 8.42 Å². The first kappa shape index (κ1) is 12.5. The lowest BCUT2D eigenvalue weighted by atomic mass is 10.2. The SMILES string of the molecule is CN(C)C(=O)c1cccc(NS(N)(=O)=O)c1. The summed E-state index contributed by atoms with van der Waals surface area (Å²) in [6.45, 7) is 0. The molecule has 6 nitrogen and oxygen atoms in total. The summed E-state index contributed by atoms with van der Waals surface area (Å²) in [7, 11) is -0.588. The molecule has 0 heterocycles. The molecule has 0 spiro atoms. The van der Waals surface area contributed by atoms with Gasteiger partial charge < -0.3 is 4.90 Å². The van der Waals surface area contributed by atoms with Crippen LogP contribution in [0.2, 0.25) is 0 Å². The van der Waals surface area contributed by atoms with Crippen molar-refractivity contribution in [1.82, 2.24) is 4.90 Å². The highest BCUT2D eigenvalue weighted by atomic mass is 32.2. The van der Waals surface area contributed by atoms with E-state index in [-0.39, 0.29) is 11.6 Å². The number of amides is 1. The van der Waals surface area contributed by atoms with Gasteiger partial charge in [-0.1, -0.05) is 6.07 Å². The topological polar surface area (TPSA) is 92.5 Å². The maximum Gasteiger partial charge on any atom is 0.296 e. The lowest BCUT2D eigenvalue weighted by Crippen LogP contribution is -2.23. The molecular weight excluding hydrogens is 230 g/mol. The van der Waals surface area contributed by atoms with E-state index >= 15 is 0 Å². The predicted octanol–water partition coefficient (Wildman–Crippen LogP) is 0.00380. The van der Waals surface area contributed by atoms with Gasteiger partial charge in [0.2, 0.25) is 0 Å². The molecular formula is C9H13N3O3S. The molecule has 1 aromatic carbocycles. The first-order valence-electron chi connectivity index (χ1n) is 4.42. The molecule has 1 amide bonds. The van der Waals surface area contributed by atoms with Crippen molar-refractivity contribution in [1.29, 1.82) is 0 Å². The molecule has 0 radical (unpaired) electrons. The van der Waals surface area contributed by atoms with Crippen LogP contribution in [0, 0.1) is 0 Å². The van der Waals surface area contributed by atoms with Crippen molar-refractivity contribution in [2.45, 2.75) is 0 Å². The highest BCUT2D eigenvalue weighted by Crippen LogP contribution is 2.12. The average molecular weight is 243 g/mol. The number of hydrogen-bond donors (Lipinski definition) is 2. The van der Waals surface area contributed by atoms with Gasteiger partial charge in [-0.3, -0.25) is 9.52 Å². The minimum absolute atomic E-state index is 0.210. The smallest absolute Gasteiger partial charge is 0.296 e. The van der Waals surface area contributed by atoms with Crippen molar-refractivity contribution < 1.29 is 13.2 Å². The van der Waals surface area contributed by atoms with Crippen LogP contribution in [0.5, 0.6) is 0 Å². The highest BCUT2D eigenvalue weighted by Gasteiger charge is 2.09. The molecule has 1 rings (SSSR count). The molecule has 0 bridgehead atoms. The van der Waals surface area contributed by atoms with E-state index in [1.54, 1.807) is 26.2 Å². The third-order valence-electron chi connectivity index (χ3n) is 1.78. The summed E-state index contributed by atoms with van der Waals surface area (Å²) < 4.78 is 23.7. The fourth-order valence-electron chi connectivity index (χ4n) is 1.14. The summed E-state index contributed by atoms with van der Waals surface area (Å²) in [4.78, 5) is 13.0. The van der Waals surface area contributed by atoms with Crippen LogP contribution in [0.15, 0.2) is 24.3 Å². The van der Waals surface area contributed by atoms with Gasteiger partial charge in [-0.25, -0.2) is 5.14 Å². The number of hydrogen-bond acceptors (Lipinski definition) is 3. The van der Waals surface area contributed by atoms with Gasteiger partial charge in [0.05, 0.1) is 5.69 Å². The number of anilines is 1. The summed E-state index contributed by atoms with van der Waals surface area (Å²) in [5.41, 5.74) is 0.647. The van der Waals surface area contributed by atoms with E-state index in [0.29, 0.717) is 5.56 Å². The summed E-state index contributed by atoms with van der Waals surface area (Å²) in [6, 6.07) is 6.10. The van der Waals surface area contributed by atoms with Crippen LogP contribution in [-0.4, -0.2) is 33.3 Å². The largest absolute Gasteiger partial charge is 0.345 e. The van der Waals surface area contributed by atoms with E-state index < -0.39 is 10.2 Å². The Kier molecular flexibility index (Phi) is 3.51. The minimum atomic E-state index is -3.81. The molecule has 0 aliphatic heterocycles. The second-order valence-corrected chi connectivity index (χ2v) is 4.72. The van der Waals surface area contributed by atoms with Crippen LogP contribution in [-0.2, 0) is 10.2 Å². The summed E-state index contributed by atoms with van der Waals surface area (Å²) in [5, 5.41) is 4.82. The number of carbonyl (C=O) groups excluding carboxylic acids is 1. The molecule has 7 heteroatoms. The number of carbonyl (C=O) groups is 1. The molecule has 0 aromatic heterocycles. The maximum atomic E-state index is 11.6. The van der Waals surface area contributed by atoms with E-state index in [9.17, 15) is 13.2 Å². The lowest BCUT2D eigenvalue weighted by Gasteiger charge is -2.11. The first-order chi connectivity index (χ1) is 7.29. The molecule has 3 N–H and O–H groups in total. The summed E-state index contributed by atoms with van der Waals surface area (Å²) >= 11 is 0. The Morgan fingerprint density at radius 3 is 2.50 bits per heavy atom. The second kappa shape index (κ2) is 4.50. The maximum absolute atomic E-state index is 11.6. The molecule has 0 saturated heterocycles. The highest BCUT2D eigenvalue weighted by molar-refractivity contribution is 7.90. The van der Waals surface area contributed by atoms with Gasteiger partial charge in [-0.05, 0) is 18.2 Å². The Hall–Kier alpha value is -1.60. The number of nitrogens with one attached hydrogen (secondary N) is 1.